The zero-order chi connectivity index (χ0) is 15.0. The molecule has 2 amide bonds. The Bertz CT molecular complexity index is 540. The summed E-state index contributed by atoms with van der Waals surface area (Å²) in [5.41, 5.74) is 6.26. The average Bonchev–Trinajstić information content (AvgIpc) is 2.81. The number of rotatable bonds is 5. The molecule has 108 valence electrons. The van der Waals surface area contributed by atoms with Crippen molar-refractivity contribution in [3.05, 3.63) is 21.4 Å². The molecular weight excluding hydrogens is 274 g/mol. The molecule has 0 bridgehead atoms. The molecule has 4 N–H and O–H groups in total. The summed E-state index contributed by atoms with van der Waals surface area (Å²) in [7, 11) is 0. The molecule has 0 saturated carbocycles. The lowest BCUT2D eigenvalue weighted by molar-refractivity contribution is -0.120. The molecule has 5 nitrogen and oxygen atoms in total. The summed E-state index contributed by atoms with van der Waals surface area (Å²) in [4.78, 5) is 24.7. The minimum atomic E-state index is -0.259. The third-order valence-electron chi connectivity index (χ3n) is 2.43. The van der Waals surface area contributed by atoms with Crippen molar-refractivity contribution in [2.45, 2.75) is 20.3 Å². The van der Waals surface area contributed by atoms with Gasteiger partial charge >= 0.3 is 0 Å². The summed E-state index contributed by atoms with van der Waals surface area (Å²) >= 11 is 1.30. The number of aryl methyl sites for hydroxylation is 1. The molecule has 0 aliphatic heterocycles. The molecule has 0 radical (unpaired) electrons. The second kappa shape index (κ2) is 8.35. The van der Waals surface area contributed by atoms with E-state index in [1.54, 1.807) is 6.07 Å². The number of nitrogens with two attached hydrogens (primary N) is 1. The number of hydrogen-bond donors (Lipinski definition) is 3. The van der Waals surface area contributed by atoms with Crippen LogP contribution in [0.15, 0.2) is 6.07 Å². The fraction of sp³-hybridized carbons (Fsp3) is 0.429. The van der Waals surface area contributed by atoms with Crippen LogP contribution >= 0.6 is 11.3 Å². The summed E-state index contributed by atoms with van der Waals surface area (Å²) in [6.07, 6.45) is 0.868. The van der Waals surface area contributed by atoms with Crippen molar-refractivity contribution in [3.63, 3.8) is 0 Å². The molecule has 0 aliphatic rings. The van der Waals surface area contributed by atoms with Crippen LogP contribution in [0.3, 0.4) is 0 Å². The summed E-state index contributed by atoms with van der Waals surface area (Å²) in [6, 6.07) is 1.77. The smallest absolute Gasteiger partial charge is 0.261 e. The van der Waals surface area contributed by atoms with Gasteiger partial charge in [-0.05, 0) is 25.0 Å². The summed E-state index contributed by atoms with van der Waals surface area (Å²) in [5.74, 6) is 5.25. The number of thiophene rings is 1. The van der Waals surface area contributed by atoms with Crippen LogP contribution in [0.4, 0.5) is 0 Å². The van der Waals surface area contributed by atoms with Gasteiger partial charge in [-0.2, -0.15) is 0 Å². The molecule has 6 heteroatoms. The van der Waals surface area contributed by atoms with Gasteiger partial charge in [-0.3, -0.25) is 9.59 Å². The zero-order valence-electron chi connectivity index (χ0n) is 11.7. The van der Waals surface area contributed by atoms with E-state index in [0.29, 0.717) is 11.4 Å². The summed E-state index contributed by atoms with van der Waals surface area (Å²) < 4.78 is 0. The highest BCUT2D eigenvalue weighted by molar-refractivity contribution is 7.14. The first-order chi connectivity index (χ1) is 9.58. The first-order valence-electron chi connectivity index (χ1n) is 6.42. The largest absolute Gasteiger partial charge is 0.355 e. The lowest BCUT2D eigenvalue weighted by Gasteiger charge is -2.04. The summed E-state index contributed by atoms with van der Waals surface area (Å²) in [5, 5.41) is 5.29. The van der Waals surface area contributed by atoms with Crippen molar-refractivity contribution >= 4 is 23.2 Å². The lowest BCUT2D eigenvalue weighted by atomic mass is 10.2. The molecule has 1 rings (SSSR count). The Morgan fingerprint density at radius 3 is 2.80 bits per heavy atom. The van der Waals surface area contributed by atoms with Gasteiger partial charge in [0.05, 0.1) is 22.8 Å². The van der Waals surface area contributed by atoms with Crippen molar-refractivity contribution in [2.24, 2.45) is 5.73 Å². The lowest BCUT2D eigenvalue weighted by Crippen LogP contribution is -2.36. The molecule has 0 aromatic carbocycles. The molecule has 0 unspecified atom stereocenters. The van der Waals surface area contributed by atoms with Crippen molar-refractivity contribution in [1.82, 2.24) is 10.6 Å². The van der Waals surface area contributed by atoms with Gasteiger partial charge in [0.25, 0.3) is 5.91 Å². The van der Waals surface area contributed by atoms with E-state index < -0.39 is 0 Å². The van der Waals surface area contributed by atoms with Crippen LogP contribution in [-0.4, -0.2) is 31.4 Å². The average molecular weight is 293 g/mol. The van der Waals surface area contributed by atoms with Crippen molar-refractivity contribution in [1.29, 1.82) is 0 Å². The van der Waals surface area contributed by atoms with Crippen LogP contribution in [0.2, 0.25) is 0 Å². The van der Waals surface area contributed by atoms with Gasteiger partial charge in [-0.25, -0.2) is 0 Å². The van der Waals surface area contributed by atoms with E-state index in [4.69, 9.17) is 5.73 Å². The molecule has 1 aromatic heterocycles. The molecule has 0 saturated heterocycles. The van der Waals surface area contributed by atoms with Crippen LogP contribution in [0.25, 0.3) is 0 Å². The topological polar surface area (TPSA) is 84.2 Å². The van der Waals surface area contributed by atoms with E-state index in [-0.39, 0.29) is 24.9 Å². The van der Waals surface area contributed by atoms with Crippen LogP contribution < -0.4 is 16.4 Å². The monoisotopic (exact) mass is 293 g/mol. The minimum Gasteiger partial charge on any atom is -0.355 e. The van der Waals surface area contributed by atoms with Gasteiger partial charge in [0.15, 0.2) is 0 Å². The molecule has 0 fully saturated rings. The molecule has 1 heterocycles. The molecule has 0 spiro atoms. The third-order valence-corrected chi connectivity index (χ3v) is 3.58. The van der Waals surface area contributed by atoms with E-state index in [1.165, 1.54) is 11.3 Å². The second-order valence-corrected chi connectivity index (χ2v) is 5.21. The number of carbonyl (C=O) groups excluding carboxylic acids is 2. The van der Waals surface area contributed by atoms with E-state index in [2.05, 4.69) is 22.5 Å². The third kappa shape index (κ3) is 5.03. The van der Waals surface area contributed by atoms with E-state index in [1.807, 2.05) is 13.8 Å². The number of nitrogens with one attached hydrogen (secondary N) is 2. The van der Waals surface area contributed by atoms with E-state index in [9.17, 15) is 9.59 Å². The van der Waals surface area contributed by atoms with Crippen molar-refractivity contribution in [2.75, 3.05) is 19.6 Å². The molecule has 0 aliphatic carbocycles. The van der Waals surface area contributed by atoms with Gasteiger partial charge in [0, 0.05) is 6.54 Å². The van der Waals surface area contributed by atoms with Gasteiger partial charge in [-0.1, -0.05) is 18.8 Å². The molecule has 1 aromatic rings. The fourth-order valence-electron chi connectivity index (χ4n) is 1.42. The Morgan fingerprint density at radius 1 is 1.40 bits per heavy atom. The molecule has 20 heavy (non-hydrogen) atoms. The highest BCUT2D eigenvalue weighted by Crippen LogP contribution is 2.20. The normalized spacial score (nSPS) is 9.55. The predicted octanol–water partition coefficient (Wildman–Crippen LogP) is 0.623. The zero-order valence-corrected chi connectivity index (χ0v) is 12.5. The second-order valence-electron chi connectivity index (χ2n) is 4.16. The maximum atomic E-state index is 11.9. The van der Waals surface area contributed by atoms with Crippen molar-refractivity contribution in [3.8, 4) is 11.8 Å². The Kier molecular flexibility index (Phi) is 6.77. The van der Waals surface area contributed by atoms with Crippen LogP contribution in [0.5, 0.6) is 0 Å². The van der Waals surface area contributed by atoms with Gasteiger partial charge in [0.1, 0.15) is 0 Å². The first kappa shape index (κ1) is 16.2. The standard InChI is InChI=1S/C14H19N3O2S/c1-3-7-16-13(18)9-17-14(19)12-8-10(2)11(20-12)5-4-6-15/h8H,3,6-7,9,15H2,1-2H3,(H,16,18)(H,17,19). The Balaban J connectivity index is 2.58. The van der Waals surface area contributed by atoms with Crippen LogP contribution in [0.1, 0.15) is 33.5 Å². The molecular formula is C14H19N3O2S. The van der Waals surface area contributed by atoms with Crippen molar-refractivity contribution < 1.29 is 9.59 Å². The first-order valence-corrected chi connectivity index (χ1v) is 7.24. The van der Waals surface area contributed by atoms with Crippen LogP contribution in [0, 0.1) is 18.8 Å². The van der Waals surface area contributed by atoms with Gasteiger partial charge in [-0.15, -0.1) is 11.3 Å². The highest BCUT2D eigenvalue weighted by Gasteiger charge is 2.12. The Morgan fingerprint density at radius 2 is 2.15 bits per heavy atom. The Labute approximate surface area is 122 Å². The van der Waals surface area contributed by atoms with E-state index >= 15 is 0 Å². The highest BCUT2D eigenvalue weighted by atomic mass is 32.1. The SMILES string of the molecule is CCCNC(=O)CNC(=O)c1cc(C)c(C#CCN)s1. The maximum absolute atomic E-state index is 11.9. The quantitative estimate of drug-likeness (QED) is 0.696. The van der Waals surface area contributed by atoms with Crippen LogP contribution in [-0.2, 0) is 4.79 Å². The Hall–Kier alpha value is -1.84. The number of carbonyl (C=O) groups is 2. The molecule has 0 atom stereocenters. The van der Waals surface area contributed by atoms with Gasteiger partial charge < -0.3 is 16.4 Å². The maximum Gasteiger partial charge on any atom is 0.261 e. The van der Waals surface area contributed by atoms with E-state index in [0.717, 1.165) is 16.9 Å². The van der Waals surface area contributed by atoms with Gasteiger partial charge in [0.2, 0.25) is 5.91 Å². The number of amides is 2. The predicted molar refractivity (Wildman–Crippen MR) is 80.6 cm³/mol. The number of hydrogen-bond acceptors (Lipinski definition) is 4. The summed E-state index contributed by atoms with van der Waals surface area (Å²) in [6.45, 7) is 4.75. The fourth-order valence-corrected chi connectivity index (χ4v) is 2.39. The minimum absolute atomic E-state index is 0.0143.